The topological polar surface area (TPSA) is 282 Å². The van der Waals surface area contributed by atoms with E-state index < -0.39 is 36.1 Å². The highest BCUT2D eigenvalue weighted by atomic mass is 16.5. The third-order valence-corrected chi connectivity index (χ3v) is 17.8. The minimum absolute atomic E-state index is 0.107. The van der Waals surface area contributed by atoms with E-state index in [0.717, 1.165) is 133 Å². The number of fused-ring (bicyclic) bond motifs is 16. The Morgan fingerprint density at radius 3 is 1.01 bits per heavy atom. The molecule has 8 N–H and O–H groups in total. The molecule has 0 saturated heterocycles. The number of carboxylic acids is 4. The van der Waals surface area contributed by atoms with Crippen molar-refractivity contribution in [2.45, 2.75) is 146 Å². The van der Waals surface area contributed by atoms with Gasteiger partial charge in [-0.15, -0.1) is 0 Å². The van der Waals surface area contributed by atoms with Crippen molar-refractivity contribution in [2.75, 3.05) is 7.11 Å². The Balaban J connectivity index is 1.20. The summed E-state index contributed by atoms with van der Waals surface area (Å²) in [6.45, 7) is 26.2. The number of hydrogen-bond acceptors (Lipinski definition) is 10. The molecule has 6 aromatic rings. The van der Waals surface area contributed by atoms with Crippen LogP contribution in [0.5, 0.6) is 0 Å². The van der Waals surface area contributed by atoms with Crippen LogP contribution in [0.4, 0.5) is 0 Å². The molecule has 3 atom stereocenters. The first-order valence-electron chi connectivity index (χ1n) is 29.4. The van der Waals surface area contributed by atoms with Crippen LogP contribution < -0.4 is 0 Å². The Kier molecular flexibility index (Phi) is 17.0. The van der Waals surface area contributed by atoms with Crippen LogP contribution in [0.25, 0.3) is 94.8 Å². The summed E-state index contributed by atoms with van der Waals surface area (Å²) in [6.07, 6.45) is 0.740. The molecule has 0 radical (unpaired) electrons. The summed E-state index contributed by atoms with van der Waals surface area (Å²) >= 11 is 0. The van der Waals surface area contributed by atoms with Gasteiger partial charge in [0.15, 0.2) is 0 Å². The number of aromatic nitrogens is 8. The second kappa shape index (κ2) is 24.2. The van der Waals surface area contributed by atoms with E-state index in [-0.39, 0.29) is 57.5 Å². The summed E-state index contributed by atoms with van der Waals surface area (Å²) in [5.74, 6) is -3.77. The summed E-state index contributed by atoms with van der Waals surface area (Å²) < 4.78 is 13.3. The fourth-order valence-electron chi connectivity index (χ4n) is 12.9. The third-order valence-electron chi connectivity index (χ3n) is 17.8. The number of ether oxygens (including phenoxy) is 2. The van der Waals surface area contributed by atoms with E-state index in [0.29, 0.717) is 45.6 Å². The molecule has 4 aliphatic heterocycles. The molecular formula is C69H74N8O10. The summed E-state index contributed by atoms with van der Waals surface area (Å²) in [6, 6.07) is 15.8. The number of aliphatic carboxylic acids is 4. The maximum Gasteiger partial charge on any atom is 0.303 e. The molecule has 0 spiro atoms. The Hall–Kier alpha value is -9.26. The van der Waals surface area contributed by atoms with Gasteiger partial charge in [-0.3, -0.25) is 19.2 Å². The molecular weight excluding hydrogens is 1100 g/mol. The van der Waals surface area contributed by atoms with Crippen LogP contribution in [0.1, 0.15) is 208 Å². The molecule has 0 saturated carbocycles. The molecule has 87 heavy (non-hydrogen) atoms. The molecule has 0 fully saturated rings. The van der Waals surface area contributed by atoms with Crippen LogP contribution in [0, 0.1) is 27.7 Å². The molecule has 0 aliphatic carbocycles. The van der Waals surface area contributed by atoms with Crippen molar-refractivity contribution in [3.63, 3.8) is 0 Å². The minimum Gasteiger partial charge on any atom is -0.481 e. The molecule has 3 unspecified atom stereocenters. The zero-order valence-electron chi connectivity index (χ0n) is 51.3. The van der Waals surface area contributed by atoms with Gasteiger partial charge in [-0.2, -0.15) is 0 Å². The zero-order chi connectivity index (χ0) is 62.6. The zero-order valence-corrected chi connectivity index (χ0v) is 51.3. The Morgan fingerprint density at radius 1 is 0.414 bits per heavy atom. The van der Waals surface area contributed by atoms with E-state index in [1.54, 1.807) is 7.11 Å². The SMILES string of the molecule is C=Cc1c(C)c2cc3nc(cc4nc(cc5[nH]c(cc1[nH]2)c(C)c5C(C)OC(C)c1c(C)c2cc5[nH]c(cc6nc(cc7nc(cc1[nH]2)C(C)=C7CCC(=O)O)C(CCC(=O)O)=C6C)c(C)c5C(C)OC)C(C)=C4CCC(=O)O)C(CCC(=O)O)=C3C. The van der Waals surface area contributed by atoms with Gasteiger partial charge in [0.05, 0.1) is 63.9 Å². The fraction of sp³-hybridized carbons (Fsp3) is 0.333. The summed E-state index contributed by atoms with van der Waals surface area (Å²) in [5, 5.41) is 39.6. The second-order valence-electron chi connectivity index (χ2n) is 23.1. The molecule has 16 bridgehead atoms. The van der Waals surface area contributed by atoms with E-state index in [9.17, 15) is 39.6 Å². The standard InChI is InChI=1S/C69H74N8O10/c1-14-42-31(2)47-23-48-32(3)43(15-19-63(78)79)56(71-48)29-58-45(17-21-65(82)83)34(5)50(73-58)26-61-68(37(8)53(76-61)25-55(42)70-47)40(11)87-41(12)69-38(9)54-28-60-67(39(10)86-13)36(7)52(75-60)24-49-33(4)44(16-20-64(80)81)57(72-49)30-59-46(18-22-66(84)85)35(6)51(74-59)27-62(69)77-54/h14,23-30,39-41,70,75-77H,1,15-22H2,2-13H3,(H,78,79)(H,80,81)(H,82,83)(H,84,85). The van der Waals surface area contributed by atoms with Gasteiger partial charge in [0.1, 0.15) is 0 Å². The Labute approximate surface area is 503 Å². The monoisotopic (exact) mass is 1170 g/mol. The smallest absolute Gasteiger partial charge is 0.303 e. The van der Waals surface area contributed by atoms with Gasteiger partial charge in [0, 0.05) is 99.2 Å². The second-order valence-corrected chi connectivity index (χ2v) is 23.1. The molecule has 0 aromatic carbocycles. The highest BCUT2D eigenvalue weighted by Gasteiger charge is 2.28. The van der Waals surface area contributed by atoms with Crippen molar-refractivity contribution in [3.8, 4) is 0 Å². The van der Waals surface area contributed by atoms with E-state index in [1.807, 2.05) is 105 Å². The summed E-state index contributed by atoms with van der Waals surface area (Å²) in [7, 11) is 1.68. The predicted octanol–water partition coefficient (Wildman–Crippen LogP) is 15.5. The molecule has 4 aliphatic rings. The van der Waals surface area contributed by atoms with Crippen molar-refractivity contribution in [2.24, 2.45) is 0 Å². The van der Waals surface area contributed by atoms with E-state index in [4.69, 9.17) is 29.4 Å². The Bertz CT molecular complexity index is 4440. The van der Waals surface area contributed by atoms with Crippen molar-refractivity contribution < 1.29 is 49.1 Å². The number of rotatable bonds is 19. The van der Waals surface area contributed by atoms with Gasteiger partial charge in [-0.25, -0.2) is 19.9 Å². The number of nitrogens with one attached hydrogen (secondary N) is 4. The van der Waals surface area contributed by atoms with Crippen molar-refractivity contribution in [3.05, 3.63) is 145 Å². The van der Waals surface area contributed by atoms with Crippen LogP contribution in [0.3, 0.4) is 0 Å². The lowest BCUT2D eigenvalue weighted by atomic mass is 9.98. The van der Waals surface area contributed by atoms with E-state index in [1.165, 1.54) is 0 Å². The van der Waals surface area contributed by atoms with Crippen molar-refractivity contribution in [1.29, 1.82) is 0 Å². The van der Waals surface area contributed by atoms with Gasteiger partial charge < -0.3 is 49.8 Å². The number of allylic oxidation sites excluding steroid dienone is 8. The number of H-pyrrole nitrogens is 4. The molecule has 18 nitrogen and oxygen atoms in total. The van der Waals surface area contributed by atoms with Gasteiger partial charge >= 0.3 is 23.9 Å². The normalized spacial score (nSPS) is 14.5. The average Bonchev–Trinajstić information content (AvgIpc) is 1.77. The fourth-order valence-corrected chi connectivity index (χ4v) is 12.9. The number of carbonyl (C=O) groups is 4. The van der Waals surface area contributed by atoms with Crippen LogP contribution in [0.15, 0.2) is 55.1 Å². The van der Waals surface area contributed by atoms with E-state index >= 15 is 0 Å². The van der Waals surface area contributed by atoms with Crippen LogP contribution >= 0.6 is 0 Å². The lowest BCUT2D eigenvalue weighted by Gasteiger charge is -2.21. The molecule has 0 amide bonds. The quantitative estimate of drug-likeness (QED) is 0.0374. The molecule has 450 valence electrons. The highest BCUT2D eigenvalue weighted by molar-refractivity contribution is 5.99. The number of aryl methyl sites for hydroxylation is 4. The number of hydrogen-bond donors (Lipinski definition) is 8. The first-order chi connectivity index (χ1) is 41.3. The molecule has 18 heteroatoms. The van der Waals surface area contributed by atoms with Crippen LogP contribution in [0.2, 0.25) is 0 Å². The maximum absolute atomic E-state index is 12.2. The van der Waals surface area contributed by atoms with Gasteiger partial charge in [0.2, 0.25) is 0 Å². The first kappa shape index (κ1) is 60.8. The van der Waals surface area contributed by atoms with Crippen LogP contribution in [-0.2, 0) is 28.7 Å². The third kappa shape index (κ3) is 11.8. The number of nitrogens with zero attached hydrogens (tertiary/aromatic N) is 4. The van der Waals surface area contributed by atoms with Crippen LogP contribution in [-0.4, -0.2) is 91.3 Å². The first-order valence-corrected chi connectivity index (χ1v) is 29.4. The van der Waals surface area contributed by atoms with Gasteiger partial charge in [-0.05, 0) is 217 Å². The van der Waals surface area contributed by atoms with Gasteiger partial charge in [-0.1, -0.05) is 12.7 Å². The predicted molar refractivity (Wildman–Crippen MR) is 342 cm³/mol. The molecule has 10 heterocycles. The highest BCUT2D eigenvalue weighted by Crippen LogP contribution is 2.43. The number of methoxy groups -OCH3 is 1. The number of aromatic amines is 4. The molecule has 6 aromatic heterocycles. The van der Waals surface area contributed by atoms with Crippen molar-refractivity contribution >= 4 is 119 Å². The largest absolute Gasteiger partial charge is 0.481 e. The number of carboxylic acid groups (broad SMARTS) is 4. The van der Waals surface area contributed by atoms with Crippen molar-refractivity contribution in [1.82, 2.24) is 39.9 Å². The summed E-state index contributed by atoms with van der Waals surface area (Å²) in [5.41, 5.74) is 24.7. The summed E-state index contributed by atoms with van der Waals surface area (Å²) in [4.78, 5) is 83.8. The van der Waals surface area contributed by atoms with E-state index in [2.05, 4.69) is 52.5 Å². The maximum atomic E-state index is 12.2. The lowest BCUT2D eigenvalue weighted by molar-refractivity contribution is -0.137. The lowest BCUT2D eigenvalue weighted by Crippen LogP contribution is -2.07. The average molecular weight is 1180 g/mol. The molecule has 10 rings (SSSR count). The Morgan fingerprint density at radius 2 is 0.690 bits per heavy atom. The van der Waals surface area contributed by atoms with Gasteiger partial charge in [0.25, 0.3) is 0 Å². The minimum atomic E-state index is -0.951.